The van der Waals surface area contributed by atoms with Crippen LogP contribution in [0, 0.1) is 0 Å². The summed E-state index contributed by atoms with van der Waals surface area (Å²) in [7, 11) is -3.41. The first-order valence-electron chi connectivity index (χ1n) is 6.38. The number of amides is 1. The molecule has 0 atom stereocenters. The fourth-order valence-electron chi connectivity index (χ4n) is 2.01. The topological polar surface area (TPSA) is 66.5 Å². The Kier molecular flexibility index (Phi) is 4.62. The van der Waals surface area contributed by atoms with Crippen LogP contribution in [0.4, 0.5) is 0 Å². The van der Waals surface area contributed by atoms with Crippen molar-refractivity contribution in [2.24, 2.45) is 0 Å². The van der Waals surface area contributed by atoms with Crippen LogP contribution >= 0.6 is 11.3 Å². The van der Waals surface area contributed by atoms with Crippen LogP contribution in [0.25, 0.3) is 0 Å². The van der Waals surface area contributed by atoms with E-state index in [9.17, 15) is 13.2 Å². The summed E-state index contributed by atoms with van der Waals surface area (Å²) in [6.45, 7) is 4.74. The molecule has 2 rings (SSSR count). The first-order valence-corrected chi connectivity index (χ1v) is 8.64. The van der Waals surface area contributed by atoms with Crippen LogP contribution in [-0.4, -0.2) is 31.7 Å². The first-order chi connectivity index (χ1) is 9.39. The van der Waals surface area contributed by atoms with Gasteiger partial charge in [-0.2, -0.15) is 4.31 Å². The second kappa shape index (κ2) is 6.07. The Hall–Kier alpha value is -1.18. The highest BCUT2D eigenvalue weighted by Crippen LogP contribution is 2.26. The minimum atomic E-state index is -3.41. The molecule has 0 spiro atoms. The highest BCUT2D eigenvalue weighted by molar-refractivity contribution is 7.91. The molecule has 5 nitrogen and oxygen atoms in total. The third kappa shape index (κ3) is 3.47. The van der Waals surface area contributed by atoms with Crippen molar-refractivity contribution in [2.75, 3.05) is 13.1 Å². The van der Waals surface area contributed by atoms with E-state index in [0.29, 0.717) is 23.8 Å². The molecule has 1 aromatic heterocycles. The van der Waals surface area contributed by atoms with Gasteiger partial charge >= 0.3 is 0 Å². The van der Waals surface area contributed by atoms with Crippen molar-refractivity contribution in [3.63, 3.8) is 0 Å². The number of carbonyl (C=O) groups is 1. The van der Waals surface area contributed by atoms with Gasteiger partial charge in [-0.15, -0.1) is 11.3 Å². The lowest BCUT2D eigenvalue weighted by atomic mass is 10.2. The number of nitrogens with zero attached hydrogens (tertiary/aromatic N) is 1. The molecule has 1 N–H and O–H groups in total. The minimum Gasteiger partial charge on any atom is -0.351 e. The summed E-state index contributed by atoms with van der Waals surface area (Å²) in [5.74, 6) is -0.125. The number of nitrogens with one attached hydrogen (secondary N) is 1. The summed E-state index contributed by atoms with van der Waals surface area (Å²) in [5.41, 5.74) is 1.08. The van der Waals surface area contributed by atoms with Crippen molar-refractivity contribution in [3.8, 4) is 0 Å². The normalized spacial score (nSPS) is 16.8. The predicted octanol–water partition coefficient (Wildman–Crippen LogP) is 1.72. The molecule has 20 heavy (non-hydrogen) atoms. The summed E-state index contributed by atoms with van der Waals surface area (Å²) < 4.78 is 26.9. The molecule has 0 aromatic carbocycles. The second-order valence-corrected chi connectivity index (χ2v) is 8.14. The molecule has 1 aromatic rings. The molecule has 110 valence electrons. The van der Waals surface area contributed by atoms with E-state index in [1.807, 2.05) is 6.92 Å². The van der Waals surface area contributed by atoms with Crippen LogP contribution in [0.2, 0.25) is 0 Å². The highest BCUT2D eigenvalue weighted by Gasteiger charge is 2.27. The maximum Gasteiger partial charge on any atom is 0.252 e. The van der Waals surface area contributed by atoms with Crippen LogP contribution in [0.5, 0.6) is 0 Å². The lowest BCUT2D eigenvalue weighted by molar-refractivity contribution is -0.119. The van der Waals surface area contributed by atoms with Gasteiger partial charge in [0.2, 0.25) is 5.91 Å². The number of sulfonamides is 1. The standard InChI is InChI=1S/C13H18N2O3S2/c1-10-4-3-7-15(9-10)20(17,18)13-6-5-12(19-13)8-14-11(2)16/h4-6H,3,7-9H2,1-2H3,(H,14,16). The number of thiophene rings is 1. The molecule has 2 heterocycles. The van der Waals surface area contributed by atoms with E-state index < -0.39 is 10.0 Å². The average molecular weight is 314 g/mol. The van der Waals surface area contributed by atoms with Gasteiger partial charge in [-0.1, -0.05) is 11.6 Å². The van der Waals surface area contributed by atoms with Crippen LogP contribution in [0.3, 0.4) is 0 Å². The third-order valence-corrected chi connectivity index (χ3v) is 6.44. The van der Waals surface area contributed by atoms with Crippen molar-refractivity contribution in [3.05, 3.63) is 28.7 Å². The first kappa shape index (κ1) is 15.2. The van der Waals surface area contributed by atoms with Crippen molar-refractivity contribution in [1.82, 2.24) is 9.62 Å². The van der Waals surface area contributed by atoms with Gasteiger partial charge < -0.3 is 5.32 Å². The SMILES string of the molecule is CC(=O)NCc1ccc(S(=O)(=O)N2CCC=C(C)C2)s1. The Labute approximate surface area is 123 Å². The van der Waals surface area contributed by atoms with E-state index >= 15 is 0 Å². The third-order valence-electron chi connectivity index (χ3n) is 3.04. The Balaban J connectivity index is 2.14. The molecule has 7 heteroatoms. The van der Waals surface area contributed by atoms with E-state index in [1.165, 1.54) is 22.6 Å². The lowest BCUT2D eigenvalue weighted by Gasteiger charge is -2.24. The Bertz CT molecular complexity index is 632. The zero-order chi connectivity index (χ0) is 14.8. The molecular formula is C13H18N2O3S2. The monoisotopic (exact) mass is 314 g/mol. The quantitative estimate of drug-likeness (QED) is 0.861. The predicted molar refractivity (Wildman–Crippen MR) is 79.0 cm³/mol. The van der Waals surface area contributed by atoms with Gasteiger partial charge in [-0.25, -0.2) is 8.42 Å². The van der Waals surface area contributed by atoms with Gasteiger partial charge in [0.1, 0.15) is 4.21 Å². The Morgan fingerprint density at radius 1 is 1.45 bits per heavy atom. The average Bonchev–Trinajstić information content (AvgIpc) is 2.86. The van der Waals surface area contributed by atoms with Crippen LogP contribution in [0.15, 0.2) is 28.0 Å². The molecule has 1 amide bonds. The fraction of sp³-hybridized carbons (Fsp3) is 0.462. The zero-order valence-electron chi connectivity index (χ0n) is 11.5. The highest BCUT2D eigenvalue weighted by atomic mass is 32.2. The van der Waals surface area contributed by atoms with Gasteiger partial charge in [-0.3, -0.25) is 4.79 Å². The maximum atomic E-state index is 12.5. The van der Waals surface area contributed by atoms with E-state index in [-0.39, 0.29) is 5.91 Å². The number of hydrogen-bond acceptors (Lipinski definition) is 4. The van der Waals surface area contributed by atoms with E-state index in [0.717, 1.165) is 16.9 Å². The molecule has 1 aliphatic heterocycles. The molecular weight excluding hydrogens is 296 g/mol. The number of hydrogen-bond donors (Lipinski definition) is 1. The smallest absolute Gasteiger partial charge is 0.252 e. The van der Waals surface area contributed by atoms with Gasteiger partial charge in [0.25, 0.3) is 10.0 Å². The lowest BCUT2D eigenvalue weighted by Crippen LogP contribution is -2.34. The van der Waals surface area contributed by atoms with Crippen molar-refractivity contribution >= 4 is 27.3 Å². The van der Waals surface area contributed by atoms with Crippen molar-refractivity contribution < 1.29 is 13.2 Å². The Morgan fingerprint density at radius 2 is 2.20 bits per heavy atom. The van der Waals surface area contributed by atoms with Gasteiger partial charge in [0.15, 0.2) is 0 Å². The maximum absolute atomic E-state index is 12.5. The molecule has 0 fully saturated rings. The summed E-state index contributed by atoms with van der Waals surface area (Å²) in [6.07, 6.45) is 2.83. The zero-order valence-corrected chi connectivity index (χ0v) is 13.2. The number of carbonyl (C=O) groups excluding carboxylic acids is 1. The molecule has 0 aliphatic carbocycles. The minimum absolute atomic E-state index is 0.125. The molecule has 0 bridgehead atoms. The van der Waals surface area contributed by atoms with E-state index in [2.05, 4.69) is 11.4 Å². The van der Waals surface area contributed by atoms with Gasteiger partial charge in [0.05, 0.1) is 6.54 Å². The summed E-state index contributed by atoms with van der Waals surface area (Å²) in [4.78, 5) is 11.7. The number of rotatable bonds is 4. The second-order valence-electron chi connectivity index (χ2n) is 4.81. The molecule has 1 aliphatic rings. The molecule has 0 unspecified atom stereocenters. The van der Waals surface area contributed by atoms with E-state index in [4.69, 9.17) is 0 Å². The largest absolute Gasteiger partial charge is 0.351 e. The summed E-state index contributed by atoms with van der Waals surface area (Å²) >= 11 is 1.21. The van der Waals surface area contributed by atoms with Crippen LogP contribution in [0.1, 0.15) is 25.1 Å². The summed E-state index contributed by atoms with van der Waals surface area (Å²) in [6, 6.07) is 3.37. The molecule has 0 radical (unpaired) electrons. The fourth-order valence-corrected chi connectivity index (χ4v) is 4.96. The van der Waals surface area contributed by atoms with Gasteiger partial charge in [-0.05, 0) is 25.5 Å². The van der Waals surface area contributed by atoms with E-state index in [1.54, 1.807) is 12.1 Å². The van der Waals surface area contributed by atoms with Crippen molar-refractivity contribution in [2.45, 2.75) is 31.0 Å². The molecule has 0 saturated heterocycles. The van der Waals surface area contributed by atoms with Crippen LogP contribution < -0.4 is 5.32 Å². The Morgan fingerprint density at radius 3 is 2.85 bits per heavy atom. The van der Waals surface area contributed by atoms with Crippen molar-refractivity contribution in [1.29, 1.82) is 0 Å². The summed E-state index contributed by atoms with van der Waals surface area (Å²) in [5, 5.41) is 2.67. The molecule has 0 saturated carbocycles. The van der Waals surface area contributed by atoms with Crippen LogP contribution in [-0.2, 0) is 21.4 Å². The van der Waals surface area contributed by atoms with Gasteiger partial charge in [0, 0.05) is 24.9 Å².